The van der Waals surface area contributed by atoms with Crippen molar-refractivity contribution >= 4 is 16.9 Å². The number of aryl methyl sites for hydroxylation is 2. The van der Waals surface area contributed by atoms with Crippen LogP contribution in [0.2, 0.25) is 0 Å². The topological polar surface area (TPSA) is 30.4 Å². The number of imidazole rings is 1. The highest BCUT2D eigenvalue weighted by Crippen LogP contribution is 2.21. The summed E-state index contributed by atoms with van der Waals surface area (Å²) in [4.78, 5) is 4.39. The van der Waals surface area contributed by atoms with E-state index in [1.165, 1.54) is 0 Å². The van der Waals surface area contributed by atoms with E-state index in [0.717, 1.165) is 22.5 Å². The molecule has 0 spiro atoms. The van der Waals surface area contributed by atoms with E-state index in [4.69, 9.17) is 4.42 Å². The van der Waals surface area contributed by atoms with Gasteiger partial charge in [0.25, 0.3) is 0 Å². The van der Waals surface area contributed by atoms with Gasteiger partial charge in [-0.1, -0.05) is 12.1 Å². The van der Waals surface area contributed by atoms with Gasteiger partial charge in [-0.2, -0.15) is 4.98 Å². The van der Waals surface area contributed by atoms with E-state index >= 15 is 0 Å². The van der Waals surface area contributed by atoms with Crippen LogP contribution in [-0.2, 0) is 0 Å². The quantitative estimate of drug-likeness (QED) is 0.540. The van der Waals surface area contributed by atoms with Crippen LogP contribution in [0.1, 0.15) is 11.5 Å². The molecule has 0 aliphatic rings. The Bertz CT molecular complexity index is 619. The van der Waals surface area contributed by atoms with Crippen LogP contribution in [0.3, 0.4) is 0 Å². The molecule has 0 fully saturated rings. The molecule has 0 radical (unpaired) electrons. The molecule has 3 aromatic rings. The Morgan fingerprint density at radius 3 is 2.86 bits per heavy atom. The number of nitrogens with zero attached hydrogens (tertiary/aromatic N) is 2. The van der Waals surface area contributed by atoms with Gasteiger partial charge in [-0.3, -0.25) is 4.40 Å². The van der Waals surface area contributed by atoms with Gasteiger partial charge in [0.2, 0.25) is 0 Å². The highest BCUT2D eigenvalue weighted by atomic mass is 16.4. The molecule has 2 aromatic heterocycles. The van der Waals surface area contributed by atoms with E-state index in [9.17, 15) is 0 Å². The third-order valence-corrected chi connectivity index (χ3v) is 2.62. The minimum atomic E-state index is 0.682. The van der Waals surface area contributed by atoms with Crippen molar-refractivity contribution < 1.29 is 4.42 Å². The molecule has 0 saturated heterocycles. The van der Waals surface area contributed by atoms with Gasteiger partial charge in [-0.25, -0.2) is 0 Å². The second kappa shape index (κ2) is 2.38. The number of oxazole rings is 1. The maximum atomic E-state index is 5.54. The third kappa shape index (κ3) is 0.789. The van der Waals surface area contributed by atoms with E-state index in [1.54, 1.807) is 0 Å². The Morgan fingerprint density at radius 2 is 2.00 bits per heavy atom. The molecule has 3 heteroatoms. The van der Waals surface area contributed by atoms with Crippen molar-refractivity contribution in [3.05, 3.63) is 35.7 Å². The molecule has 1 aromatic carbocycles. The lowest BCUT2D eigenvalue weighted by Crippen LogP contribution is -1.84. The zero-order chi connectivity index (χ0) is 9.71. The van der Waals surface area contributed by atoms with Crippen LogP contribution < -0.4 is 0 Å². The van der Waals surface area contributed by atoms with E-state index in [1.807, 2.05) is 36.4 Å². The average molecular weight is 186 g/mol. The molecule has 3 rings (SSSR count). The molecular weight excluding hydrogens is 176 g/mol. The second-order valence-corrected chi connectivity index (χ2v) is 3.46. The molecule has 0 aliphatic carbocycles. The maximum absolute atomic E-state index is 5.54. The number of para-hydroxylation sites is 2. The van der Waals surface area contributed by atoms with Gasteiger partial charge in [-0.15, -0.1) is 0 Å². The molecule has 14 heavy (non-hydrogen) atoms. The Kier molecular flexibility index (Phi) is 1.29. The first-order chi connectivity index (χ1) is 6.77. The lowest BCUT2D eigenvalue weighted by Gasteiger charge is -1.91. The van der Waals surface area contributed by atoms with Crippen LogP contribution in [-0.4, -0.2) is 9.38 Å². The summed E-state index contributed by atoms with van der Waals surface area (Å²) in [6.45, 7) is 4.00. The lowest BCUT2D eigenvalue weighted by atomic mass is 10.3. The Labute approximate surface area is 81.0 Å². The highest BCUT2D eigenvalue weighted by molar-refractivity contribution is 5.79. The van der Waals surface area contributed by atoms with Gasteiger partial charge in [-0.05, 0) is 26.0 Å². The van der Waals surface area contributed by atoms with Crippen molar-refractivity contribution in [3.8, 4) is 0 Å². The Morgan fingerprint density at radius 1 is 1.21 bits per heavy atom. The largest absolute Gasteiger partial charge is 0.428 e. The van der Waals surface area contributed by atoms with Crippen LogP contribution in [0.25, 0.3) is 16.9 Å². The van der Waals surface area contributed by atoms with Crippen LogP contribution >= 0.6 is 0 Å². The molecule has 0 bridgehead atoms. The fourth-order valence-electron chi connectivity index (χ4n) is 1.76. The number of hydrogen-bond acceptors (Lipinski definition) is 2. The van der Waals surface area contributed by atoms with E-state index in [2.05, 4.69) is 11.1 Å². The first-order valence-corrected chi connectivity index (χ1v) is 4.60. The molecule has 0 aliphatic heterocycles. The van der Waals surface area contributed by atoms with Crippen LogP contribution in [0.15, 0.2) is 28.7 Å². The van der Waals surface area contributed by atoms with Gasteiger partial charge in [0.05, 0.1) is 16.7 Å². The first-order valence-electron chi connectivity index (χ1n) is 4.60. The lowest BCUT2D eigenvalue weighted by molar-refractivity contribution is 0.561. The summed E-state index contributed by atoms with van der Waals surface area (Å²) in [5, 5.41) is 0. The first kappa shape index (κ1) is 7.62. The SMILES string of the molecule is Cc1oc2nc3ccccc3n2c1C. The monoisotopic (exact) mass is 186 g/mol. The van der Waals surface area contributed by atoms with Crippen molar-refractivity contribution in [2.24, 2.45) is 0 Å². The van der Waals surface area contributed by atoms with Crippen molar-refractivity contribution in [3.63, 3.8) is 0 Å². The number of benzene rings is 1. The summed E-state index contributed by atoms with van der Waals surface area (Å²) in [6, 6.07) is 8.04. The molecule has 0 amide bonds. The molecule has 0 unspecified atom stereocenters. The summed E-state index contributed by atoms with van der Waals surface area (Å²) in [5.74, 6) is 1.61. The van der Waals surface area contributed by atoms with E-state index < -0.39 is 0 Å². The number of rotatable bonds is 0. The van der Waals surface area contributed by atoms with E-state index in [0.29, 0.717) is 5.84 Å². The van der Waals surface area contributed by atoms with Crippen LogP contribution in [0.5, 0.6) is 0 Å². The molecule has 0 saturated carbocycles. The smallest absolute Gasteiger partial charge is 0.307 e. The number of hydrogen-bond donors (Lipinski definition) is 0. The Balaban J connectivity index is 2.62. The van der Waals surface area contributed by atoms with Crippen molar-refractivity contribution in [1.82, 2.24) is 9.38 Å². The van der Waals surface area contributed by atoms with Gasteiger partial charge < -0.3 is 4.42 Å². The molecular formula is C11H10N2O. The summed E-state index contributed by atoms with van der Waals surface area (Å²) in [5.41, 5.74) is 3.21. The van der Waals surface area contributed by atoms with Gasteiger partial charge in [0, 0.05) is 0 Å². The fourth-order valence-corrected chi connectivity index (χ4v) is 1.76. The molecule has 0 atom stereocenters. The van der Waals surface area contributed by atoms with Crippen molar-refractivity contribution in [2.45, 2.75) is 13.8 Å². The normalized spacial score (nSPS) is 11.6. The summed E-state index contributed by atoms with van der Waals surface area (Å²) >= 11 is 0. The predicted octanol–water partition coefficient (Wildman–Crippen LogP) is 2.70. The standard InChI is InChI=1S/C11H10N2O/c1-7-8(2)14-11-12-9-5-3-4-6-10(9)13(7)11/h3-6H,1-2H3. The van der Waals surface area contributed by atoms with E-state index in [-0.39, 0.29) is 0 Å². The fraction of sp³-hybridized carbons (Fsp3) is 0.182. The zero-order valence-corrected chi connectivity index (χ0v) is 8.11. The molecule has 70 valence electrons. The summed E-state index contributed by atoms with van der Waals surface area (Å²) in [7, 11) is 0. The van der Waals surface area contributed by atoms with Crippen molar-refractivity contribution in [1.29, 1.82) is 0 Å². The number of fused-ring (bicyclic) bond motifs is 3. The minimum absolute atomic E-state index is 0.682. The van der Waals surface area contributed by atoms with Gasteiger partial charge in [0.15, 0.2) is 0 Å². The summed E-state index contributed by atoms with van der Waals surface area (Å²) < 4.78 is 7.58. The maximum Gasteiger partial charge on any atom is 0.307 e. The van der Waals surface area contributed by atoms with Crippen molar-refractivity contribution in [2.75, 3.05) is 0 Å². The molecule has 3 nitrogen and oxygen atoms in total. The Hall–Kier alpha value is -1.77. The number of aromatic nitrogens is 2. The zero-order valence-electron chi connectivity index (χ0n) is 8.11. The molecule has 2 heterocycles. The average Bonchev–Trinajstić information content (AvgIpc) is 2.65. The minimum Gasteiger partial charge on any atom is -0.428 e. The molecule has 0 N–H and O–H groups in total. The second-order valence-electron chi connectivity index (χ2n) is 3.46. The van der Waals surface area contributed by atoms with Gasteiger partial charge in [0.1, 0.15) is 5.76 Å². The third-order valence-electron chi connectivity index (χ3n) is 2.62. The van der Waals surface area contributed by atoms with Gasteiger partial charge >= 0.3 is 5.84 Å². The highest BCUT2D eigenvalue weighted by Gasteiger charge is 2.11. The van der Waals surface area contributed by atoms with Crippen LogP contribution in [0, 0.1) is 13.8 Å². The summed E-state index contributed by atoms with van der Waals surface area (Å²) in [6.07, 6.45) is 0. The van der Waals surface area contributed by atoms with Crippen LogP contribution in [0.4, 0.5) is 0 Å². The predicted molar refractivity (Wildman–Crippen MR) is 54.4 cm³/mol.